The van der Waals surface area contributed by atoms with Crippen molar-refractivity contribution in [3.63, 3.8) is 0 Å². The molecular formula is C28H31N3O3S. The molecule has 2 aromatic rings. The number of nitrogens with one attached hydrogen (secondary N) is 1. The van der Waals surface area contributed by atoms with Crippen LogP contribution in [-0.2, 0) is 20.7 Å². The van der Waals surface area contributed by atoms with Crippen LogP contribution in [-0.4, -0.2) is 35.6 Å². The fourth-order valence-corrected chi connectivity index (χ4v) is 5.42. The largest absolute Gasteiger partial charge is 0.466 e. The van der Waals surface area contributed by atoms with Gasteiger partial charge < -0.3 is 15.0 Å². The molecule has 0 saturated heterocycles. The number of ether oxygens (including phenoxy) is 1. The second-order valence-corrected chi connectivity index (χ2v) is 9.56. The molecule has 4 rings (SSSR count). The van der Waals surface area contributed by atoms with Crippen LogP contribution >= 0.6 is 11.8 Å². The van der Waals surface area contributed by atoms with E-state index in [4.69, 9.17) is 9.73 Å². The third-order valence-electron chi connectivity index (χ3n) is 6.28. The lowest BCUT2D eigenvalue weighted by atomic mass is 9.89. The summed E-state index contributed by atoms with van der Waals surface area (Å²) < 4.78 is 5.21. The van der Waals surface area contributed by atoms with Gasteiger partial charge in [-0.2, -0.15) is 0 Å². The lowest BCUT2D eigenvalue weighted by Crippen LogP contribution is -2.38. The highest BCUT2D eigenvalue weighted by molar-refractivity contribution is 8.16. The van der Waals surface area contributed by atoms with Crippen LogP contribution in [0.25, 0.3) is 0 Å². The summed E-state index contributed by atoms with van der Waals surface area (Å²) in [7, 11) is 1.40. The number of rotatable bonds is 8. The molecule has 2 heterocycles. The number of amides is 1. The van der Waals surface area contributed by atoms with Gasteiger partial charge in [0.05, 0.1) is 30.8 Å². The number of aliphatic imine (C=N–C) groups is 1. The van der Waals surface area contributed by atoms with Gasteiger partial charge in [0.25, 0.3) is 0 Å². The second-order valence-electron chi connectivity index (χ2n) is 8.72. The first kappa shape index (κ1) is 24.8. The van der Waals surface area contributed by atoms with E-state index in [1.807, 2.05) is 49.3 Å². The quantitative estimate of drug-likeness (QED) is 0.517. The molecule has 0 radical (unpaired) electrons. The standard InChI is InChI=1S/C28H31N3O3S/c1-5-23-25(27(33)34-4)26(22-15-18(2)11-12-19(22)3)31-21(17-35-28(31)30-23)16-24(32)29-14-13-20-9-7-6-8-10-20/h6-12,15,17,26H,5,13-14,16H2,1-4H3,(H,29,32)/t26-/m0/s1. The molecule has 0 fully saturated rings. The summed E-state index contributed by atoms with van der Waals surface area (Å²) in [5.41, 5.74) is 6.46. The van der Waals surface area contributed by atoms with E-state index in [0.717, 1.165) is 39.7 Å². The highest BCUT2D eigenvalue weighted by Gasteiger charge is 2.42. The number of carbonyl (C=O) groups is 2. The van der Waals surface area contributed by atoms with Gasteiger partial charge in [-0.05, 0) is 48.8 Å². The van der Waals surface area contributed by atoms with E-state index >= 15 is 0 Å². The molecule has 2 aromatic carbocycles. The lowest BCUT2D eigenvalue weighted by molar-refractivity contribution is -0.136. The first-order valence-corrected chi connectivity index (χ1v) is 12.7. The molecule has 1 atom stereocenters. The van der Waals surface area contributed by atoms with E-state index in [1.165, 1.54) is 24.4 Å². The Kier molecular flexibility index (Phi) is 7.76. The average molecular weight is 490 g/mol. The Morgan fingerprint density at radius 2 is 1.91 bits per heavy atom. The van der Waals surface area contributed by atoms with Gasteiger partial charge in [0.1, 0.15) is 0 Å². The SMILES string of the molecule is CCC1=C(C(=O)OC)[C@H](c2cc(C)ccc2C)N2C(CC(=O)NCCc3ccccc3)=CSC2=N1. The molecular weight excluding hydrogens is 458 g/mol. The maximum atomic E-state index is 13.0. The van der Waals surface area contributed by atoms with Crippen LogP contribution in [0.4, 0.5) is 0 Å². The lowest BCUT2D eigenvalue weighted by Gasteiger charge is -2.37. The summed E-state index contributed by atoms with van der Waals surface area (Å²) in [4.78, 5) is 32.8. The maximum absolute atomic E-state index is 13.0. The molecule has 35 heavy (non-hydrogen) atoms. The van der Waals surface area contributed by atoms with Crippen LogP contribution in [0.5, 0.6) is 0 Å². The average Bonchev–Trinajstić information content (AvgIpc) is 3.26. The Morgan fingerprint density at radius 1 is 1.14 bits per heavy atom. The minimum atomic E-state index is -0.400. The van der Waals surface area contributed by atoms with Crippen molar-refractivity contribution in [2.75, 3.05) is 13.7 Å². The molecule has 2 aliphatic rings. The summed E-state index contributed by atoms with van der Waals surface area (Å²) in [6.45, 7) is 6.65. The predicted octanol–water partition coefficient (Wildman–Crippen LogP) is 5.19. The van der Waals surface area contributed by atoms with Crippen molar-refractivity contribution >= 4 is 28.8 Å². The van der Waals surface area contributed by atoms with Crippen LogP contribution in [0.15, 0.2) is 75.9 Å². The highest BCUT2D eigenvalue weighted by Crippen LogP contribution is 2.46. The van der Waals surface area contributed by atoms with Crippen LogP contribution < -0.4 is 5.32 Å². The molecule has 0 aliphatic carbocycles. The number of aryl methyl sites for hydroxylation is 2. The molecule has 0 saturated carbocycles. The molecule has 0 unspecified atom stereocenters. The number of carbonyl (C=O) groups excluding carboxylic acids is 2. The van der Waals surface area contributed by atoms with Crippen LogP contribution in [0, 0.1) is 13.8 Å². The first-order chi connectivity index (χ1) is 16.9. The predicted molar refractivity (Wildman–Crippen MR) is 141 cm³/mol. The molecule has 2 aliphatic heterocycles. The van der Waals surface area contributed by atoms with E-state index in [9.17, 15) is 9.59 Å². The number of methoxy groups -OCH3 is 1. The molecule has 182 valence electrons. The minimum Gasteiger partial charge on any atom is -0.466 e. The summed E-state index contributed by atoms with van der Waals surface area (Å²) in [5.74, 6) is -0.447. The van der Waals surface area contributed by atoms with Crippen molar-refractivity contribution in [1.29, 1.82) is 0 Å². The zero-order valence-electron chi connectivity index (χ0n) is 20.6. The zero-order valence-corrected chi connectivity index (χ0v) is 21.4. The van der Waals surface area contributed by atoms with E-state index in [2.05, 4.69) is 35.6 Å². The Balaban J connectivity index is 1.61. The number of allylic oxidation sites excluding steroid dienone is 1. The number of esters is 1. The molecule has 7 heteroatoms. The number of thioether (sulfide) groups is 1. The molecule has 0 spiro atoms. The van der Waals surface area contributed by atoms with Crippen molar-refractivity contribution in [2.45, 2.75) is 46.1 Å². The number of hydrogen-bond donors (Lipinski definition) is 1. The van der Waals surface area contributed by atoms with E-state index in [0.29, 0.717) is 18.5 Å². The number of hydrogen-bond acceptors (Lipinski definition) is 6. The molecule has 6 nitrogen and oxygen atoms in total. The third kappa shape index (κ3) is 5.35. The molecule has 0 bridgehead atoms. The maximum Gasteiger partial charge on any atom is 0.338 e. The number of fused-ring (bicyclic) bond motifs is 1. The zero-order chi connectivity index (χ0) is 24.9. The van der Waals surface area contributed by atoms with E-state index < -0.39 is 6.04 Å². The summed E-state index contributed by atoms with van der Waals surface area (Å²) in [6.07, 6.45) is 1.59. The van der Waals surface area contributed by atoms with Gasteiger partial charge in [-0.3, -0.25) is 4.79 Å². The third-order valence-corrected chi connectivity index (χ3v) is 7.17. The van der Waals surface area contributed by atoms with Crippen LogP contribution in [0.2, 0.25) is 0 Å². The van der Waals surface area contributed by atoms with Gasteiger partial charge in [0.2, 0.25) is 5.91 Å². The van der Waals surface area contributed by atoms with E-state index in [1.54, 1.807) is 0 Å². The fraction of sp³-hybridized carbons (Fsp3) is 0.321. The fourth-order valence-electron chi connectivity index (χ4n) is 4.48. The Bertz CT molecular complexity index is 1220. The smallest absolute Gasteiger partial charge is 0.338 e. The Hall–Kier alpha value is -3.32. The van der Waals surface area contributed by atoms with Gasteiger partial charge in [0.15, 0.2) is 5.17 Å². The number of amidine groups is 1. The highest BCUT2D eigenvalue weighted by atomic mass is 32.2. The second kappa shape index (κ2) is 11.0. The molecule has 0 aromatic heterocycles. The normalized spacial score (nSPS) is 17.0. The number of nitrogens with zero attached hydrogens (tertiary/aromatic N) is 2. The van der Waals surface area contributed by atoms with Crippen molar-refractivity contribution in [3.8, 4) is 0 Å². The van der Waals surface area contributed by atoms with Gasteiger partial charge in [-0.1, -0.05) is 72.8 Å². The van der Waals surface area contributed by atoms with Crippen molar-refractivity contribution in [1.82, 2.24) is 10.2 Å². The number of benzene rings is 2. The van der Waals surface area contributed by atoms with Crippen molar-refractivity contribution in [2.24, 2.45) is 4.99 Å². The summed E-state index contributed by atoms with van der Waals surface area (Å²) >= 11 is 1.49. The van der Waals surface area contributed by atoms with Gasteiger partial charge in [0, 0.05) is 12.2 Å². The van der Waals surface area contributed by atoms with E-state index in [-0.39, 0.29) is 18.3 Å². The monoisotopic (exact) mass is 489 g/mol. The van der Waals surface area contributed by atoms with Crippen molar-refractivity contribution < 1.29 is 14.3 Å². The molecule has 1 N–H and O–H groups in total. The van der Waals surface area contributed by atoms with Crippen LogP contribution in [0.1, 0.15) is 48.1 Å². The van der Waals surface area contributed by atoms with Gasteiger partial charge in [-0.25, -0.2) is 9.79 Å². The summed E-state index contributed by atoms with van der Waals surface area (Å²) in [6, 6.07) is 15.9. The van der Waals surface area contributed by atoms with Crippen molar-refractivity contribution in [3.05, 3.63) is 93.2 Å². The Labute approximate surface area is 211 Å². The Morgan fingerprint density at radius 3 is 2.63 bits per heavy atom. The molecule has 1 amide bonds. The van der Waals surface area contributed by atoms with Crippen LogP contribution in [0.3, 0.4) is 0 Å². The van der Waals surface area contributed by atoms with Gasteiger partial charge in [-0.15, -0.1) is 0 Å². The minimum absolute atomic E-state index is 0.0568. The van der Waals surface area contributed by atoms with Gasteiger partial charge >= 0.3 is 5.97 Å². The first-order valence-electron chi connectivity index (χ1n) is 11.9. The summed E-state index contributed by atoms with van der Waals surface area (Å²) in [5, 5.41) is 5.79. The topological polar surface area (TPSA) is 71.0 Å².